The Hall–Kier alpha value is -3.34. The van der Waals surface area contributed by atoms with Crippen molar-refractivity contribution in [3.05, 3.63) is 54.2 Å². The Morgan fingerprint density at radius 3 is 2.74 bits per heavy atom. The number of nitrogen functional groups attached to an aromatic ring is 2. The molecule has 1 saturated heterocycles. The number of aliphatic hydroxyl groups is 2. The zero-order chi connectivity index (χ0) is 21.7. The van der Waals surface area contributed by atoms with Gasteiger partial charge in [-0.15, -0.1) is 0 Å². The first-order chi connectivity index (χ1) is 14.9. The van der Waals surface area contributed by atoms with Crippen LogP contribution in [0, 0.1) is 5.82 Å². The number of hydrogen-bond donors (Lipinski definition) is 4. The van der Waals surface area contributed by atoms with Gasteiger partial charge in [0, 0.05) is 11.6 Å². The van der Waals surface area contributed by atoms with Gasteiger partial charge in [-0.3, -0.25) is 0 Å². The van der Waals surface area contributed by atoms with Gasteiger partial charge >= 0.3 is 0 Å². The molecule has 4 heterocycles. The lowest BCUT2D eigenvalue weighted by Gasteiger charge is -2.17. The van der Waals surface area contributed by atoms with E-state index in [1.807, 2.05) is 12.1 Å². The highest BCUT2D eigenvalue weighted by Gasteiger charge is 2.43. The minimum Gasteiger partial charge on any atom is -0.388 e. The molecule has 0 amide bonds. The van der Waals surface area contributed by atoms with Gasteiger partial charge in [0.25, 0.3) is 0 Å². The summed E-state index contributed by atoms with van der Waals surface area (Å²) >= 11 is 0. The highest BCUT2D eigenvalue weighted by molar-refractivity contribution is 5.86. The molecule has 1 aliphatic rings. The fourth-order valence-electron chi connectivity index (χ4n) is 4.06. The van der Waals surface area contributed by atoms with Crippen molar-refractivity contribution >= 4 is 33.6 Å². The SMILES string of the molecule is Nc1nc2cc(CC[C@H]3O[C@@H](n4ccc5c(N)ncnc54)[C@H](O)[C@@H]3O)ccc2cc1F. The second-order valence-corrected chi connectivity index (χ2v) is 7.69. The average Bonchev–Trinajstić information content (AvgIpc) is 3.30. The summed E-state index contributed by atoms with van der Waals surface area (Å²) in [6.07, 6.45) is 0.506. The summed E-state index contributed by atoms with van der Waals surface area (Å²) in [6, 6.07) is 8.58. The van der Waals surface area contributed by atoms with E-state index in [2.05, 4.69) is 15.0 Å². The quantitative estimate of drug-likeness (QED) is 0.386. The fraction of sp³-hybridized carbons (Fsp3) is 0.286. The van der Waals surface area contributed by atoms with Crippen molar-refractivity contribution in [2.24, 2.45) is 0 Å². The Bertz CT molecular complexity index is 1280. The molecule has 6 N–H and O–H groups in total. The number of halogens is 1. The van der Waals surface area contributed by atoms with Crippen LogP contribution in [0.15, 0.2) is 42.9 Å². The number of aromatic nitrogens is 4. The van der Waals surface area contributed by atoms with Crippen LogP contribution in [0.1, 0.15) is 18.2 Å². The second-order valence-electron chi connectivity index (χ2n) is 7.69. The number of nitrogens with two attached hydrogens (primary N) is 2. The first-order valence-electron chi connectivity index (χ1n) is 9.85. The summed E-state index contributed by atoms with van der Waals surface area (Å²) in [5, 5.41) is 22.5. The lowest BCUT2D eigenvalue weighted by molar-refractivity contribution is -0.0364. The molecule has 10 heteroatoms. The van der Waals surface area contributed by atoms with Gasteiger partial charge in [-0.05, 0) is 36.6 Å². The van der Waals surface area contributed by atoms with Crippen LogP contribution >= 0.6 is 0 Å². The number of nitrogens with zero attached hydrogens (tertiary/aromatic N) is 4. The molecule has 4 atom stereocenters. The molecule has 0 unspecified atom stereocenters. The van der Waals surface area contributed by atoms with Gasteiger partial charge in [0.2, 0.25) is 0 Å². The highest BCUT2D eigenvalue weighted by atomic mass is 19.1. The molecule has 4 aromatic rings. The Kier molecular flexibility index (Phi) is 4.69. The fourth-order valence-corrected chi connectivity index (χ4v) is 4.06. The van der Waals surface area contributed by atoms with E-state index in [0.29, 0.717) is 40.6 Å². The minimum absolute atomic E-state index is 0.145. The minimum atomic E-state index is -1.13. The van der Waals surface area contributed by atoms with Crippen LogP contribution in [0.2, 0.25) is 0 Å². The van der Waals surface area contributed by atoms with Gasteiger partial charge in [0.05, 0.1) is 17.0 Å². The van der Waals surface area contributed by atoms with Crippen molar-refractivity contribution in [3.63, 3.8) is 0 Å². The van der Waals surface area contributed by atoms with Gasteiger partial charge < -0.3 is 31.0 Å². The number of ether oxygens (including phenoxy) is 1. The number of pyridine rings is 1. The maximum Gasteiger partial charge on any atom is 0.165 e. The number of aliphatic hydroxyl groups excluding tert-OH is 2. The third-order valence-electron chi connectivity index (χ3n) is 5.73. The topological polar surface area (TPSA) is 145 Å². The van der Waals surface area contributed by atoms with E-state index < -0.39 is 30.4 Å². The summed E-state index contributed by atoms with van der Waals surface area (Å²) in [5.74, 6) is -0.361. The lowest BCUT2D eigenvalue weighted by Crippen LogP contribution is -2.31. The van der Waals surface area contributed by atoms with Crippen LogP contribution in [-0.4, -0.2) is 48.0 Å². The van der Waals surface area contributed by atoms with E-state index in [4.69, 9.17) is 16.2 Å². The molecule has 9 nitrogen and oxygen atoms in total. The first kappa shape index (κ1) is 19.6. The zero-order valence-corrected chi connectivity index (χ0v) is 16.4. The van der Waals surface area contributed by atoms with E-state index >= 15 is 0 Å². The summed E-state index contributed by atoms with van der Waals surface area (Å²) in [4.78, 5) is 12.3. The Labute approximate surface area is 176 Å². The van der Waals surface area contributed by atoms with E-state index in [-0.39, 0.29) is 5.82 Å². The summed E-state index contributed by atoms with van der Waals surface area (Å²) in [5.41, 5.74) is 13.5. The van der Waals surface area contributed by atoms with Gasteiger partial charge in [-0.2, -0.15) is 0 Å². The van der Waals surface area contributed by atoms with Gasteiger partial charge in [0.1, 0.15) is 30.0 Å². The lowest BCUT2D eigenvalue weighted by atomic mass is 10.0. The number of fused-ring (bicyclic) bond motifs is 2. The van der Waals surface area contributed by atoms with Crippen molar-refractivity contribution in [1.82, 2.24) is 19.5 Å². The maximum atomic E-state index is 13.6. The summed E-state index contributed by atoms with van der Waals surface area (Å²) < 4.78 is 21.2. The molecule has 5 rings (SSSR count). The van der Waals surface area contributed by atoms with Crippen LogP contribution < -0.4 is 11.5 Å². The van der Waals surface area contributed by atoms with Crippen molar-refractivity contribution in [2.45, 2.75) is 37.4 Å². The van der Waals surface area contributed by atoms with Gasteiger partial charge in [0.15, 0.2) is 17.9 Å². The van der Waals surface area contributed by atoms with Gasteiger partial charge in [-0.1, -0.05) is 12.1 Å². The van der Waals surface area contributed by atoms with Gasteiger partial charge in [-0.25, -0.2) is 19.3 Å². The molecule has 3 aromatic heterocycles. The summed E-state index contributed by atoms with van der Waals surface area (Å²) in [6.45, 7) is 0. The first-order valence-corrected chi connectivity index (χ1v) is 9.85. The standard InChI is InChI=1S/C21H21FN6O3/c22-13-8-11-3-1-10(7-14(11)27-19(13)24)2-4-15-16(29)17(30)21(31-15)28-6-5-12-18(23)25-9-26-20(12)28/h1,3,5-9,15-17,21,29-30H,2,4H2,(H2,24,27)(H2,23,25,26)/t15-,16-,17-,21-/m1/s1. The van der Waals surface area contributed by atoms with Crippen molar-refractivity contribution in [2.75, 3.05) is 11.5 Å². The molecule has 31 heavy (non-hydrogen) atoms. The predicted molar refractivity (Wildman–Crippen MR) is 112 cm³/mol. The molecule has 0 bridgehead atoms. The van der Waals surface area contributed by atoms with E-state index in [9.17, 15) is 14.6 Å². The van der Waals surface area contributed by atoms with Crippen LogP contribution in [-0.2, 0) is 11.2 Å². The van der Waals surface area contributed by atoms with E-state index in [1.165, 1.54) is 12.4 Å². The second kappa shape index (κ2) is 7.41. The molecule has 160 valence electrons. The molecule has 1 aliphatic heterocycles. The normalized spacial score (nSPS) is 23.7. The number of anilines is 2. The molecule has 0 saturated carbocycles. The predicted octanol–water partition coefficient (Wildman–Crippen LogP) is 1.53. The molecule has 1 aromatic carbocycles. The molecular weight excluding hydrogens is 403 g/mol. The molecule has 0 spiro atoms. The van der Waals surface area contributed by atoms with Crippen molar-refractivity contribution in [3.8, 4) is 0 Å². The third kappa shape index (κ3) is 3.34. The number of benzene rings is 1. The third-order valence-corrected chi connectivity index (χ3v) is 5.73. The largest absolute Gasteiger partial charge is 0.388 e. The number of rotatable bonds is 4. The van der Waals surface area contributed by atoms with Crippen molar-refractivity contribution in [1.29, 1.82) is 0 Å². The number of aryl methyl sites for hydroxylation is 1. The smallest absolute Gasteiger partial charge is 0.165 e. The molecule has 0 radical (unpaired) electrons. The van der Waals surface area contributed by atoms with Crippen LogP contribution in [0.5, 0.6) is 0 Å². The Morgan fingerprint density at radius 2 is 1.90 bits per heavy atom. The Morgan fingerprint density at radius 1 is 1.06 bits per heavy atom. The average molecular weight is 424 g/mol. The van der Waals surface area contributed by atoms with Crippen LogP contribution in [0.4, 0.5) is 16.0 Å². The maximum absolute atomic E-state index is 13.6. The number of hydrogen-bond acceptors (Lipinski definition) is 8. The van der Waals surface area contributed by atoms with Crippen LogP contribution in [0.25, 0.3) is 21.9 Å². The Balaban J connectivity index is 1.34. The van der Waals surface area contributed by atoms with Crippen LogP contribution in [0.3, 0.4) is 0 Å². The summed E-state index contributed by atoms with van der Waals surface area (Å²) in [7, 11) is 0. The molecule has 0 aliphatic carbocycles. The molecular formula is C21H21FN6O3. The van der Waals surface area contributed by atoms with E-state index in [1.54, 1.807) is 22.9 Å². The molecule has 1 fully saturated rings. The van der Waals surface area contributed by atoms with Crippen molar-refractivity contribution < 1.29 is 19.3 Å². The van der Waals surface area contributed by atoms with E-state index in [0.717, 1.165) is 5.56 Å². The highest BCUT2D eigenvalue weighted by Crippen LogP contribution is 2.34. The monoisotopic (exact) mass is 424 g/mol. The zero-order valence-electron chi connectivity index (χ0n) is 16.4.